The van der Waals surface area contributed by atoms with Crippen molar-refractivity contribution in [3.63, 3.8) is 0 Å². The summed E-state index contributed by atoms with van der Waals surface area (Å²) in [4.78, 5) is 0. The number of oxime groups is 1. The first-order valence-corrected chi connectivity index (χ1v) is 6.96. The van der Waals surface area contributed by atoms with Crippen LogP contribution in [0.15, 0.2) is 23.4 Å². The molecule has 4 nitrogen and oxygen atoms in total. The summed E-state index contributed by atoms with van der Waals surface area (Å²) in [5, 5.41) is 12.5. The molecule has 1 saturated heterocycles. The fourth-order valence-electron chi connectivity index (χ4n) is 2.86. The molecule has 1 atom stereocenters. The molecule has 0 aromatic heterocycles. The van der Waals surface area contributed by atoms with Crippen molar-refractivity contribution in [1.29, 1.82) is 0 Å². The molecule has 0 spiro atoms. The lowest BCUT2D eigenvalue weighted by atomic mass is 9.89. The smallest absolute Gasteiger partial charge is 0.123 e. The first-order valence-electron chi connectivity index (χ1n) is 6.96. The van der Waals surface area contributed by atoms with Crippen LogP contribution in [0.1, 0.15) is 36.8 Å². The normalized spacial score (nSPS) is 24.4. The summed E-state index contributed by atoms with van der Waals surface area (Å²) in [7, 11) is 0. The van der Waals surface area contributed by atoms with E-state index in [2.05, 4.69) is 5.16 Å². The van der Waals surface area contributed by atoms with Gasteiger partial charge in [0.25, 0.3) is 0 Å². The van der Waals surface area contributed by atoms with Crippen LogP contribution in [-0.2, 0) is 11.2 Å². The van der Waals surface area contributed by atoms with Crippen LogP contribution < -0.4 is 4.74 Å². The Morgan fingerprint density at radius 3 is 3.05 bits per heavy atom. The van der Waals surface area contributed by atoms with Gasteiger partial charge in [-0.05, 0) is 38.2 Å². The van der Waals surface area contributed by atoms with Crippen molar-refractivity contribution in [3.8, 4) is 5.75 Å². The molecule has 4 heteroatoms. The average molecular weight is 261 g/mol. The number of hydrogen-bond donors (Lipinski definition) is 1. The van der Waals surface area contributed by atoms with Gasteiger partial charge in [0.15, 0.2) is 0 Å². The second kappa shape index (κ2) is 5.61. The van der Waals surface area contributed by atoms with E-state index < -0.39 is 0 Å². The zero-order valence-electron chi connectivity index (χ0n) is 11.0. The number of hydrogen-bond acceptors (Lipinski definition) is 4. The summed E-state index contributed by atoms with van der Waals surface area (Å²) in [6.45, 7) is 1.46. The van der Waals surface area contributed by atoms with Crippen LogP contribution in [0.4, 0.5) is 0 Å². The topological polar surface area (TPSA) is 51.1 Å². The van der Waals surface area contributed by atoms with Crippen molar-refractivity contribution in [2.24, 2.45) is 5.16 Å². The molecule has 0 bridgehead atoms. The van der Waals surface area contributed by atoms with E-state index in [-0.39, 0.29) is 6.10 Å². The molecule has 1 aromatic rings. The Morgan fingerprint density at radius 1 is 1.32 bits per heavy atom. The van der Waals surface area contributed by atoms with E-state index in [1.807, 2.05) is 18.2 Å². The first kappa shape index (κ1) is 12.5. The van der Waals surface area contributed by atoms with Gasteiger partial charge < -0.3 is 14.7 Å². The molecule has 1 N–H and O–H groups in total. The summed E-state index contributed by atoms with van der Waals surface area (Å²) >= 11 is 0. The van der Waals surface area contributed by atoms with Crippen LogP contribution in [-0.4, -0.2) is 30.2 Å². The largest absolute Gasteiger partial charge is 0.491 e. The number of fused-ring (bicyclic) bond motifs is 1. The van der Waals surface area contributed by atoms with E-state index in [0.717, 1.165) is 55.7 Å². The van der Waals surface area contributed by atoms with E-state index in [1.54, 1.807) is 0 Å². The Kier molecular flexibility index (Phi) is 3.69. The van der Waals surface area contributed by atoms with E-state index in [0.29, 0.717) is 6.61 Å². The third kappa shape index (κ3) is 2.59. The minimum absolute atomic E-state index is 0.227. The van der Waals surface area contributed by atoms with Crippen LogP contribution in [0.3, 0.4) is 0 Å². The number of benzene rings is 1. The summed E-state index contributed by atoms with van der Waals surface area (Å²) < 4.78 is 11.5. The van der Waals surface area contributed by atoms with Gasteiger partial charge in [0.05, 0.1) is 11.8 Å². The number of rotatable bonds is 3. The zero-order chi connectivity index (χ0) is 13.1. The summed E-state index contributed by atoms with van der Waals surface area (Å²) in [5.74, 6) is 0.911. The van der Waals surface area contributed by atoms with Gasteiger partial charge in [-0.1, -0.05) is 17.3 Å². The van der Waals surface area contributed by atoms with Crippen LogP contribution in [0.25, 0.3) is 0 Å². The van der Waals surface area contributed by atoms with Gasteiger partial charge in [-0.15, -0.1) is 0 Å². The lowest BCUT2D eigenvalue weighted by Gasteiger charge is -2.21. The molecule has 1 heterocycles. The van der Waals surface area contributed by atoms with Crippen molar-refractivity contribution in [1.82, 2.24) is 0 Å². The van der Waals surface area contributed by atoms with Crippen molar-refractivity contribution < 1.29 is 14.7 Å². The molecule has 0 amide bonds. The fourth-order valence-corrected chi connectivity index (χ4v) is 2.86. The highest BCUT2D eigenvalue weighted by atomic mass is 16.5. The number of nitrogens with zero attached hydrogens (tertiary/aromatic N) is 1. The second-order valence-corrected chi connectivity index (χ2v) is 5.13. The van der Waals surface area contributed by atoms with Gasteiger partial charge in [-0.3, -0.25) is 0 Å². The van der Waals surface area contributed by atoms with Crippen LogP contribution >= 0.6 is 0 Å². The molecule has 3 rings (SSSR count). The predicted octanol–water partition coefficient (Wildman–Crippen LogP) is 2.76. The maximum absolute atomic E-state index is 9.06. The molecule has 1 fully saturated rings. The molecule has 1 aliphatic carbocycles. The van der Waals surface area contributed by atoms with E-state index in [1.165, 1.54) is 5.56 Å². The highest BCUT2D eigenvalue weighted by molar-refractivity contribution is 6.02. The first-order chi connectivity index (χ1) is 9.38. The quantitative estimate of drug-likeness (QED) is 0.672. The molecule has 0 saturated carbocycles. The molecule has 1 aliphatic heterocycles. The Labute approximate surface area is 113 Å². The molecule has 0 radical (unpaired) electrons. The highest BCUT2D eigenvalue weighted by Gasteiger charge is 2.21. The standard InChI is InChI=1S/C15H19NO3/c17-16-14-7-1-6-13-12(14)5-2-8-15(13)19-10-11-4-3-9-18-11/h2,5,8,11,17H,1,3-4,6-7,9-10H2. The molecule has 1 aromatic carbocycles. The minimum atomic E-state index is 0.227. The van der Waals surface area contributed by atoms with Crippen molar-refractivity contribution in [2.75, 3.05) is 13.2 Å². The number of ether oxygens (including phenoxy) is 2. The van der Waals surface area contributed by atoms with Crippen molar-refractivity contribution in [2.45, 2.75) is 38.2 Å². The van der Waals surface area contributed by atoms with Crippen LogP contribution in [0, 0.1) is 0 Å². The van der Waals surface area contributed by atoms with E-state index in [4.69, 9.17) is 14.7 Å². The van der Waals surface area contributed by atoms with Gasteiger partial charge >= 0.3 is 0 Å². The maximum Gasteiger partial charge on any atom is 0.123 e. The van der Waals surface area contributed by atoms with E-state index in [9.17, 15) is 0 Å². The minimum Gasteiger partial charge on any atom is -0.491 e. The molecule has 19 heavy (non-hydrogen) atoms. The third-order valence-electron chi connectivity index (χ3n) is 3.85. The van der Waals surface area contributed by atoms with Gasteiger partial charge in [-0.25, -0.2) is 0 Å². The molecular formula is C15H19NO3. The van der Waals surface area contributed by atoms with E-state index >= 15 is 0 Å². The Hall–Kier alpha value is -1.55. The molecule has 1 unspecified atom stereocenters. The summed E-state index contributed by atoms with van der Waals surface area (Å²) in [5.41, 5.74) is 2.96. The highest BCUT2D eigenvalue weighted by Crippen LogP contribution is 2.30. The predicted molar refractivity (Wildman–Crippen MR) is 72.2 cm³/mol. The van der Waals surface area contributed by atoms with Gasteiger partial charge in [0.2, 0.25) is 0 Å². The fraction of sp³-hybridized carbons (Fsp3) is 0.533. The zero-order valence-corrected chi connectivity index (χ0v) is 11.0. The van der Waals surface area contributed by atoms with Crippen molar-refractivity contribution in [3.05, 3.63) is 29.3 Å². The Morgan fingerprint density at radius 2 is 2.26 bits per heavy atom. The Bertz CT molecular complexity index is 478. The average Bonchev–Trinajstić information content (AvgIpc) is 2.97. The van der Waals surface area contributed by atoms with Gasteiger partial charge in [0.1, 0.15) is 12.4 Å². The van der Waals surface area contributed by atoms with Crippen molar-refractivity contribution >= 4 is 5.71 Å². The SMILES string of the molecule is ON=C1CCCc2c(OCC3CCCO3)cccc21. The van der Waals surface area contributed by atoms with Gasteiger partial charge in [0, 0.05) is 17.7 Å². The molecular weight excluding hydrogens is 242 g/mol. The van der Waals surface area contributed by atoms with Crippen LogP contribution in [0.2, 0.25) is 0 Å². The summed E-state index contributed by atoms with van der Waals surface area (Å²) in [6.07, 6.45) is 5.26. The maximum atomic E-state index is 9.06. The molecule has 102 valence electrons. The Balaban J connectivity index is 1.78. The van der Waals surface area contributed by atoms with Gasteiger partial charge in [-0.2, -0.15) is 0 Å². The lowest BCUT2D eigenvalue weighted by Crippen LogP contribution is -2.19. The van der Waals surface area contributed by atoms with Crippen LogP contribution in [0.5, 0.6) is 5.75 Å². The summed E-state index contributed by atoms with van der Waals surface area (Å²) in [6, 6.07) is 5.96. The third-order valence-corrected chi connectivity index (χ3v) is 3.85. The second-order valence-electron chi connectivity index (χ2n) is 5.13. The monoisotopic (exact) mass is 261 g/mol. The molecule has 2 aliphatic rings. The lowest BCUT2D eigenvalue weighted by molar-refractivity contribution is 0.0676.